The van der Waals surface area contributed by atoms with Gasteiger partial charge >= 0.3 is 0 Å². The van der Waals surface area contributed by atoms with Crippen LogP contribution in [0.3, 0.4) is 0 Å². The molecule has 2 nitrogen and oxygen atoms in total. The summed E-state index contributed by atoms with van der Waals surface area (Å²) in [6.07, 6.45) is 3.61. The minimum Gasteiger partial charge on any atom is -0.498 e. The Balaban J connectivity index is 2.36. The number of hydrogen-bond donors (Lipinski definition) is 0. The van der Waals surface area contributed by atoms with Crippen molar-refractivity contribution in [2.45, 2.75) is 0 Å². The summed E-state index contributed by atoms with van der Waals surface area (Å²) in [6.45, 7) is 1.82. The third kappa shape index (κ3) is 1.54. The van der Waals surface area contributed by atoms with E-state index in [0.29, 0.717) is 0 Å². The van der Waals surface area contributed by atoms with Crippen molar-refractivity contribution in [1.82, 2.24) is 3.11 Å². The topological polar surface area (TPSA) is 12.5 Å². The van der Waals surface area contributed by atoms with Gasteiger partial charge in [-0.3, -0.25) is 0 Å². The van der Waals surface area contributed by atoms with E-state index in [1.54, 1.807) is 6.26 Å². The zero-order valence-electron chi connectivity index (χ0n) is 3.80. The Kier molecular flexibility index (Phi) is 1.78. The highest BCUT2D eigenvalue weighted by Gasteiger charge is 1.95. The summed E-state index contributed by atoms with van der Waals surface area (Å²) in [7, 11) is 0. The standard InChI is InChI=1S/C4H6INO/c5-6-1-3-7-4-2-6/h1,3H,2,4H2. The molecule has 0 unspecified atom stereocenters. The second-order valence-corrected chi connectivity index (χ2v) is 2.52. The summed E-state index contributed by atoms with van der Waals surface area (Å²) in [5.74, 6) is 0. The third-order valence-electron chi connectivity index (χ3n) is 0.742. The minimum absolute atomic E-state index is 0.819. The van der Waals surface area contributed by atoms with E-state index in [1.807, 2.05) is 6.20 Å². The summed E-state index contributed by atoms with van der Waals surface area (Å²) in [5.41, 5.74) is 0. The predicted octanol–water partition coefficient (Wildman–Crippen LogP) is 1.14. The molecule has 1 aliphatic rings. The Bertz CT molecular complexity index is 83.8. The molecule has 0 aromatic heterocycles. The van der Waals surface area contributed by atoms with Gasteiger partial charge in [-0.2, -0.15) is 0 Å². The van der Waals surface area contributed by atoms with Crippen LogP contribution >= 0.6 is 22.9 Å². The summed E-state index contributed by atoms with van der Waals surface area (Å²) in [5, 5.41) is 0. The molecule has 0 N–H and O–H groups in total. The van der Waals surface area contributed by atoms with Crippen molar-refractivity contribution >= 4 is 22.9 Å². The largest absolute Gasteiger partial charge is 0.498 e. The van der Waals surface area contributed by atoms with Crippen LogP contribution in [-0.2, 0) is 4.74 Å². The van der Waals surface area contributed by atoms with Crippen LogP contribution in [0.2, 0.25) is 0 Å². The molecule has 0 amide bonds. The van der Waals surface area contributed by atoms with E-state index >= 15 is 0 Å². The summed E-state index contributed by atoms with van der Waals surface area (Å²) >= 11 is 2.22. The normalized spacial score (nSPS) is 19.3. The van der Waals surface area contributed by atoms with Crippen molar-refractivity contribution in [3.05, 3.63) is 12.5 Å². The molecule has 1 aliphatic heterocycles. The molecule has 0 fully saturated rings. The Hall–Kier alpha value is 0.0700. The van der Waals surface area contributed by atoms with E-state index in [1.165, 1.54) is 0 Å². The van der Waals surface area contributed by atoms with Crippen LogP contribution < -0.4 is 0 Å². The maximum atomic E-state index is 4.91. The molecule has 3 heteroatoms. The number of rotatable bonds is 0. The molecule has 0 saturated carbocycles. The fourth-order valence-corrected chi connectivity index (χ4v) is 0.720. The zero-order valence-corrected chi connectivity index (χ0v) is 5.96. The van der Waals surface area contributed by atoms with E-state index in [2.05, 4.69) is 26.0 Å². The average molecular weight is 211 g/mol. The van der Waals surface area contributed by atoms with Gasteiger partial charge in [0.1, 0.15) is 6.61 Å². The molecule has 40 valence electrons. The van der Waals surface area contributed by atoms with Crippen molar-refractivity contribution in [3.63, 3.8) is 0 Å². The summed E-state index contributed by atoms with van der Waals surface area (Å²) in [4.78, 5) is 0. The van der Waals surface area contributed by atoms with Gasteiger partial charge in [-0.1, -0.05) is 0 Å². The molecule has 1 heterocycles. The molecule has 0 radical (unpaired) electrons. The quantitative estimate of drug-likeness (QED) is 0.440. The molecule has 0 aromatic rings. The fourth-order valence-electron chi connectivity index (χ4n) is 0.392. The molecule has 1 rings (SSSR count). The van der Waals surface area contributed by atoms with Crippen molar-refractivity contribution in [2.75, 3.05) is 13.2 Å². The lowest BCUT2D eigenvalue weighted by molar-refractivity contribution is 0.217. The van der Waals surface area contributed by atoms with Gasteiger partial charge in [0, 0.05) is 6.20 Å². The van der Waals surface area contributed by atoms with Crippen molar-refractivity contribution in [3.8, 4) is 0 Å². The van der Waals surface area contributed by atoms with Gasteiger partial charge in [-0.15, -0.1) is 0 Å². The Morgan fingerprint density at radius 3 is 2.86 bits per heavy atom. The molecule has 0 bridgehead atoms. The molecule has 7 heavy (non-hydrogen) atoms. The highest BCUT2D eigenvalue weighted by molar-refractivity contribution is 14.1. The van der Waals surface area contributed by atoms with E-state index in [-0.39, 0.29) is 0 Å². The average Bonchev–Trinajstić information content (AvgIpc) is 1.69. The van der Waals surface area contributed by atoms with Crippen LogP contribution in [0, 0.1) is 0 Å². The van der Waals surface area contributed by atoms with Gasteiger partial charge in [-0.25, -0.2) is 0 Å². The molecule has 0 aliphatic carbocycles. The van der Waals surface area contributed by atoms with Crippen molar-refractivity contribution in [1.29, 1.82) is 0 Å². The lowest BCUT2D eigenvalue weighted by Crippen LogP contribution is -2.14. The molecule has 0 aromatic carbocycles. The molecule has 0 saturated heterocycles. The lowest BCUT2D eigenvalue weighted by atomic mass is 10.6. The number of halogens is 1. The highest BCUT2D eigenvalue weighted by atomic mass is 127. The van der Waals surface area contributed by atoms with E-state index in [4.69, 9.17) is 4.74 Å². The lowest BCUT2D eigenvalue weighted by Gasteiger charge is -2.14. The second-order valence-electron chi connectivity index (χ2n) is 1.28. The highest BCUT2D eigenvalue weighted by Crippen LogP contribution is 2.02. The Morgan fingerprint density at radius 2 is 2.57 bits per heavy atom. The first-order valence-corrected chi connectivity index (χ1v) is 3.07. The second kappa shape index (κ2) is 2.40. The fraction of sp³-hybridized carbons (Fsp3) is 0.500. The van der Waals surface area contributed by atoms with Crippen LogP contribution in [-0.4, -0.2) is 16.3 Å². The number of hydrogen-bond acceptors (Lipinski definition) is 2. The first-order chi connectivity index (χ1) is 3.39. The Labute approximate surface area is 56.6 Å². The molecular weight excluding hydrogens is 205 g/mol. The molecular formula is C4H6INO. The van der Waals surface area contributed by atoms with Crippen molar-refractivity contribution < 1.29 is 4.74 Å². The maximum absolute atomic E-state index is 4.91. The van der Waals surface area contributed by atoms with Crippen LogP contribution in [0.15, 0.2) is 12.5 Å². The predicted molar refractivity (Wildman–Crippen MR) is 35.8 cm³/mol. The van der Waals surface area contributed by atoms with Gasteiger partial charge in [0.25, 0.3) is 0 Å². The smallest absolute Gasteiger partial charge is 0.106 e. The number of ether oxygens (including phenoxy) is 1. The SMILES string of the molecule is IN1C=COCC1. The summed E-state index contributed by atoms with van der Waals surface area (Å²) < 4.78 is 6.97. The van der Waals surface area contributed by atoms with Crippen LogP contribution in [0.5, 0.6) is 0 Å². The zero-order chi connectivity index (χ0) is 5.11. The van der Waals surface area contributed by atoms with E-state index in [0.717, 1.165) is 13.2 Å². The first kappa shape index (κ1) is 5.21. The van der Waals surface area contributed by atoms with Crippen LogP contribution in [0.1, 0.15) is 0 Å². The molecule has 0 spiro atoms. The van der Waals surface area contributed by atoms with Crippen LogP contribution in [0.4, 0.5) is 0 Å². The van der Waals surface area contributed by atoms with Gasteiger partial charge in [-0.05, 0) is 0 Å². The number of nitrogens with zero attached hydrogens (tertiary/aromatic N) is 1. The monoisotopic (exact) mass is 211 g/mol. The Morgan fingerprint density at radius 1 is 1.71 bits per heavy atom. The third-order valence-corrected chi connectivity index (χ3v) is 1.55. The summed E-state index contributed by atoms with van der Waals surface area (Å²) in [6, 6.07) is 0. The first-order valence-electron chi connectivity index (χ1n) is 2.10. The van der Waals surface area contributed by atoms with Gasteiger partial charge < -0.3 is 7.85 Å². The van der Waals surface area contributed by atoms with Gasteiger partial charge in [0.2, 0.25) is 0 Å². The van der Waals surface area contributed by atoms with Gasteiger partial charge in [0.15, 0.2) is 0 Å². The van der Waals surface area contributed by atoms with E-state index in [9.17, 15) is 0 Å². The van der Waals surface area contributed by atoms with Gasteiger partial charge in [0.05, 0.1) is 35.7 Å². The van der Waals surface area contributed by atoms with Crippen molar-refractivity contribution in [2.24, 2.45) is 0 Å². The van der Waals surface area contributed by atoms with Crippen LogP contribution in [0.25, 0.3) is 0 Å². The minimum atomic E-state index is 0.819. The molecule has 0 atom stereocenters. The van der Waals surface area contributed by atoms with E-state index < -0.39 is 0 Å². The maximum Gasteiger partial charge on any atom is 0.106 e.